The first-order chi connectivity index (χ1) is 8.22. The molecule has 17 heavy (non-hydrogen) atoms. The zero-order valence-electron chi connectivity index (χ0n) is 9.62. The molecule has 0 aliphatic heterocycles. The Hall–Kier alpha value is -2.10. The summed E-state index contributed by atoms with van der Waals surface area (Å²) in [5.41, 5.74) is 0.555. The molecule has 1 heterocycles. The fraction of sp³-hybridized carbons (Fsp3) is 0.231. The van der Waals surface area contributed by atoms with Gasteiger partial charge in [0.2, 0.25) is 0 Å². The molecule has 0 spiro atoms. The molecule has 0 unspecified atom stereocenters. The number of amides is 1. The Morgan fingerprint density at radius 3 is 2.88 bits per heavy atom. The molecule has 2 aromatic rings. The molecular formula is C13H14N2O2. The van der Waals surface area contributed by atoms with Crippen LogP contribution in [-0.4, -0.2) is 17.4 Å². The number of carbonyl (C=O) groups excluding carboxylic acids is 1. The molecule has 1 aromatic carbocycles. The highest BCUT2D eigenvalue weighted by Crippen LogP contribution is 2.09. The van der Waals surface area contributed by atoms with Crippen LogP contribution in [0.4, 0.5) is 0 Å². The van der Waals surface area contributed by atoms with Gasteiger partial charge in [0, 0.05) is 12.1 Å². The molecule has 0 bridgehead atoms. The predicted octanol–water partition coefficient (Wildman–Crippen LogP) is 1.67. The maximum atomic E-state index is 11.7. The summed E-state index contributed by atoms with van der Waals surface area (Å²) in [5, 5.41) is 3.55. The standard InChI is InChI=1S/C13H14N2O2/c1-2-7-14-12(16)10-8-9-5-3-4-6-11(9)15-13(10)17/h3-6,8H,2,7H2,1H3,(H,14,16)(H,15,17). The largest absolute Gasteiger partial charge is 0.352 e. The van der Waals surface area contributed by atoms with E-state index in [2.05, 4.69) is 10.3 Å². The van der Waals surface area contributed by atoms with Gasteiger partial charge in [0.15, 0.2) is 0 Å². The number of pyridine rings is 1. The SMILES string of the molecule is CCCNC(=O)c1cc2ccccc2[nH]c1=O. The summed E-state index contributed by atoms with van der Waals surface area (Å²) >= 11 is 0. The maximum absolute atomic E-state index is 11.7. The number of aromatic nitrogens is 1. The van der Waals surface area contributed by atoms with Gasteiger partial charge < -0.3 is 10.3 Å². The smallest absolute Gasteiger partial charge is 0.261 e. The van der Waals surface area contributed by atoms with E-state index in [4.69, 9.17) is 0 Å². The van der Waals surface area contributed by atoms with Crippen molar-refractivity contribution in [3.8, 4) is 0 Å². The number of H-pyrrole nitrogens is 1. The normalized spacial score (nSPS) is 10.4. The van der Waals surface area contributed by atoms with Crippen molar-refractivity contribution in [3.05, 3.63) is 46.2 Å². The van der Waals surface area contributed by atoms with E-state index in [-0.39, 0.29) is 17.0 Å². The molecule has 4 nitrogen and oxygen atoms in total. The molecule has 88 valence electrons. The second kappa shape index (κ2) is 4.82. The number of hydrogen-bond acceptors (Lipinski definition) is 2. The van der Waals surface area contributed by atoms with Gasteiger partial charge in [0.1, 0.15) is 5.56 Å². The summed E-state index contributed by atoms with van der Waals surface area (Å²) in [6.07, 6.45) is 0.844. The van der Waals surface area contributed by atoms with Gasteiger partial charge in [-0.3, -0.25) is 9.59 Å². The molecule has 4 heteroatoms. The lowest BCUT2D eigenvalue weighted by molar-refractivity contribution is 0.0952. The highest BCUT2D eigenvalue weighted by molar-refractivity contribution is 5.97. The van der Waals surface area contributed by atoms with Crippen molar-refractivity contribution in [2.75, 3.05) is 6.54 Å². The van der Waals surface area contributed by atoms with Gasteiger partial charge in [-0.15, -0.1) is 0 Å². The Morgan fingerprint density at radius 2 is 2.12 bits per heavy atom. The van der Waals surface area contributed by atoms with E-state index in [1.54, 1.807) is 6.07 Å². The average molecular weight is 230 g/mol. The fourth-order valence-corrected chi connectivity index (χ4v) is 1.65. The minimum atomic E-state index is -0.350. The summed E-state index contributed by atoms with van der Waals surface area (Å²) in [4.78, 5) is 26.2. The van der Waals surface area contributed by atoms with E-state index >= 15 is 0 Å². The number of benzene rings is 1. The Morgan fingerprint density at radius 1 is 1.35 bits per heavy atom. The second-order valence-corrected chi connectivity index (χ2v) is 3.86. The zero-order chi connectivity index (χ0) is 12.3. The van der Waals surface area contributed by atoms with Crippen molar-refractivity contribution in [1.82, 2.24) is 10.3 Å². The highest BCUT2D eigenvalue weighted by Gasteiger charge is 2.10. The van der Waals surface area contributed by atoms with Crippen molar-refractivity contribution in [2.24, 2.45) is 0 Å². The molecule has 0 aliphatic rings. The topological polar surface area (TPSA) is 62.0 Å². The third kappa shape index (κ3) is 2.36. The number of aromatic amines is 1. The Labute approximate surface area is 98.7 Å². The minimum absolute atomic E-state index is 0.164. The van der Waals surface area contributed by atoms with Crippen LogP contribution in [0.25, 0.3) is 10.9 Å². The van der Waals surface area contributed by atoms with Crippen molar-refractivity contribution in [2.45, 2.75) is 13.3 Å². The van der Waals surface area contributed by atoms with E-state index in [0.29, 0.717) is 6.54 Å². The fourth-order valence-electron chi connectivity index (χ4n) is 1.65. The molecule has 1 amide bonds. The number of carbonyl (C=O) groups is 1. The Kier molecular flexibility index (Phi) is 3.23. The van der Waals surface area contributed by atoms with Crippen molar-refractivity contribution < 1.29 is 4.79 Å². The summed E-state index contributed by atoms with van der Waals surface area (Å²) < 4.78 is 0. The van der Waals surface area contributed by atoms with Crippen LogP contribution in [0.1, 0.15) is 23.7 Å². The van der Waals surface area contributed by atoms with Gasteiger partial charge in [-0.25, -0.2) is 0 Å². The molecule has 0 atom stereocenters. The number of fused-ring (bicyclic) bond motifs is 1. The van der Waals surface area contributed by atoms with E-state index in [9.17, 15) is 9.59 Å². The molecule has 0 saturated carbocycles. The lowest BCUT2D eigenvalue weighted by Gasteiger charge is -2.04. The van der Waals surface area contributed by atoms with Crippen LogP contribution in [-0.2, 0) is 0 Å². The highest BCUT2D eigenvalue weighted by atomic mass is 16.2. The molecule has 0 saturated heterocycles. The van der Waals surface area contributed by atoms with Gasteiger partial charge in [0.05, 0.1) is 0 Å². The molecule has 1 aromatic heterocycles. The van der Waals surface area contributed by atoms with E-state index < -0.39 is 0 Å². The molecule has 0 radical (unpaired) electrons. The summed E-state index contributed by atoms with van der Waals surface area (Å²) in [5.74, 6) is -0.321. The molecule has 2 N–H and O–H groups in total. The lowest BCUT2D eigenvalue weighted by Crippen LogP contribution is -2.29. The van der Waals surface area contributed by atoms with Crippen molar-refractivity contribution >= 4 is 16.8 Å². The predicted molar refractivity (Wildman–Crippen MR) is 67.2 cm³/mol. The minimum Gasteiger partial charge on any atom is -0.352 e. The summed E-state index contributed by atoms with van der Waals surface area (Å²) in [6, 6.07) is 9.01. The van der Waals surface area contributed by atoms with Gasteiger partial charge in [-0.2, -0.15) is 0 Å². The van der Waals surface area contributed by atoms with Crippen LogP contribution < -0.4 is 10.9 Å². The Bertz CT molecular complexity index is 602. The first-order valence-corrected chi connectivity index (χ1v) is 5.62. The van der Waals surface area contributed by atoms with Crippen molar-refractivity contribution in [3.63, 3.8) is 0 Å². The monoisotopic (exact) mass is 230 g/mol. The van der Waals surface area contributed by atoms with Crippen LogP contribution in [0.5, 0.6) is 0 Å². The third-order valence-corrected chi connectivity index (χ3v) is 2.53. The maximum Gasteiger partial charge on any atom is 0.261 e. The quantitative estimate of drug-likeness (QED) is 0.842. The van der Waals surface area contributed by atoms with Crippen LogP contribution in [0.15, 0.2) is 35.1 Å². The zero-order valence-corrected chi connectivity index (χ0v) is 9.62. The van der Waals surface area contributed by atoms with Gasteiger partial charge in [-0.1, -0.05) is 25.1 Å². The third-order valence-electron chi connectivity index (χ3n) is 2.53. The second-order valence-electron chi connectivity index (χ2n) is 3.86. The molecule has 0 aliphatic carbocycles. The summed E-state index contributed by atoms with van der Waals surface area (Å²) in [7, 11) is 0. The van der Waals surface area contributed by atoms with Crippen LogP contribution in [0, 0.1) is 0 Å². The summed E-state index contributed by atoms with van der Waals surface area (Å²) in [6.45, 7) is 2.54. The number of nitrogens with one attached hydrogen (secondary N) is 2. The lowest BCUT2D eigenvalue weighted by atomic mass is 10.1. The number of hydrogen-bond donors (Lipinski definition) is 2. The van der Waals surface area contributed by atoms with Crippen molar-refractivity contribution in [1.29, 1.82) is 0 Å². The number of rotatable bonds is 3. The molecular weight excluding hydrogens is 216 g/mol. The van der Waals surface area contributed by atoms with E-state index in [1.807, 2.05) is 31.2 Å². The number of para-hydroxylation sites is 1. The average Bonchev–Trinajstić information content (AvgIpc) is 2.35. The van der Waals surface area contributed by atoms with Crippen LogP contribution in [0.2, 0.25) is 0 Å². The van der Waals surface area contributed by atoms with Crippen LogP contribution in [0.3, 0.4) is 0 Å². The Balaban J connectivity index is 2.44. The first-order valence-electron chi connectivity index (χ1n) is 5.62. The van der Waals surface area contributed by atoms with Gasteiger partial charge in [0.25, 0.3) is 11.5 Å². The molecule has 0 fully saturated rings. The first kappa shape index (κ1) is 11.4. The van der Waals surface area contributed by atoms with Gasteiger partial charge >= 0.3 is 0 Å². The van der Waals surface area contributed by atoms with Crippen LogP contribution >= 0.6 is 0 Å². The van der Waals surface area contributed by atoms with E-state index in [1.165, 1.54) is 0 Å². The molecule has 2 rings (SSSR count). The van der Waals surface area contributed by atoms with E-state index in [0.717, 1.165) is 17.3 Å². The van der Waals surface area contributed by atoms with Gasteiger partial charge in [-0.05, 0) is 23.9 Å².